The first-order valence-electron chi connectivity index (χ1n) is 8.21. The normalized spacial score (nSPS) is 15.8. The van der Waals surface area contributed by atoms with Crippen molar-refractivity contribution in [1.29, 1.82) is 5.26 Å². The number of carbonyl (C=O) groups excluding carboxylic acids is 2. The number of hydrogen-bond donors (Lipinski definition) is 0. The fourth-order valence-electron chi connectivity index (χ4n) is 2.52. The molecule has 1 aliphatic heterocycles. The van der Waals surface area contributed by atoms with Crippen molar-refractivity contribution < 1.29 is 19.1 Å². The molecule has 1 fully saturated rings. The molecule has 24 heavy (non-hydrogen) atoms. The van der Waals surface area contributed by atoms with Gasteiger partial charge in [-0.05, 0) is 44.0 Å². The van der Waals surface area contributed by atoms with Gasteiger partial charge in [0.05, 0.1) is 11.6 Å². The van der Waals surface area contributed by atoms with Gasteiger partial charge in [-0.2, -0.15) is 5.26 Å². The molecule has 1 saturated heterocycles. The molecule has 0 aliphatic carbocycles. The van der Waals surface area contributed by atoms with Gasteiger partial charge < -0.3 is 14.4 Å². The number of carbonyl (C=O) groups is 2. The highest BCUT2D eigenvalue weighted by Gasteiger charge is 2.21. The number of rotatable bonds is 5. The Kier molecular flexibility index (Phi) is 6.62. The predicted octanol–water partition coefficient (Wildman–Crippen LogP) is 2.27. The van der Waals surface area contributed by atoms with E-state index in [2.05, 4.69) is 0 Å². The Bertz CT molecular complexity index is 598. The molecule has 1 amide bonds. The first-order chi connectivity index (χ1) is 11.6. The Morgan fingerprint density at radius 2 is 1.79 bits per heavy atom. The van der Waals surface area contributed by atoms with E-state index in [1.807, 2.05) is 6.07 Å². The Balaban J connectivity index is 1.78. The van der Waals surface area contributed by atoms with E-state index in [0.717, 1.165) is 38.8 Å². The minimum absolute atomic E-state index is 0.157. The first kappa shape index (κ1) is 17.8. The van der Waals surface area contributed by atoms with Crippen molar-refractivity contribution in [1.82, 2.24) is 4.90 Å². The van der Waals surface area contributed by atoms with Crippen molar-refractivity contribution in [2.45, 2.75) is 38.7 Å². The molecule has 1 aromatic carbocycles. The fraction of sp³-hybridized carbons (Fsp3) is 0.500. The summed E-state index contributed by atoms with van der Waals surface area (Å²) in [6, 6.07) is 8.46. The van der Waals surface area contributed by atoms with Gasteiger partial charge in [0.15, 0.2) is 12.7 Å². The number of nitriles is 1. The fourth-order valence-corrected chi connectivity index (χ4v) is 2.52. The molecular weight excluding hydrogens is 308 g/mol. The summed E-state index contributed by atoms with van der Waals surface area (Å²) in [7, 11) is 0. The molecule has 0 radical (unpaired) electrons. The minimum Gasteiger partial charge on any atom is -0.479 e. The van der Waals surface area contributed by atoms with E-state index in [1.54, 1.807) is 36.1 Å². The molecule has 128 valence electrons. The van der Waals surface area contributed by atoms with E-state index in [1.165, 1.54) is 0 Å². The van der Waals surface area contributed by atoms with E-state index in [0.29, 0.717) is 11.3 Å². The average Bonchev–Trinajstić information content (AvgIpc) is 2.89. The van der Waals surface area contributed by atoms with Crippen molar-refractivity contribution in [3.8, 4) is 11.8 Å². The van der Waals surface area contributed by atoms with Crippen molar-refractivity contribution in [2.24, 2.45) is 0 Å². The molecule has 6 heteroatoms. The van der Waals surface area contributed by atoms with Gasteiger partial charge in [-0.1, -0.05) is 12.8 Å². The van der Waals surface area contributed by atoms with Gasteiger partial charge in [0, 0.05) is 13.1 Å². The Hall–Kier alpha value is -2.55. The van der Waals surface area contributed by atoms with Crippen LogP contribution in [0.1, 0.15) is 38.2 Å². The second-order valence-electron chi connectivity index (χ2n) is 5.80. The van der Waals surface area contributed by atoms with Crippen LogP contribution in [0.25, 0.3) is 0 Å². The van der Waals surface area contributed by atoms with Gasteiger partial charge in [0.1, 0.15) is 5.75 Å². The van der Waals surface area contributed by atoms with Crippen LogP contribution in [-0.2, 0) is 14.3 Å². The third-order valence-corrected chi connectivity index (χ3v) is 3.92. The van der Waals surface area contributed by atoms with Gasteiger partial charge in [-0.3, -0.25) is 4.79 Å². The van der Waals surface area contributed by atoms with E-state index < -0.39 is 12.1 Å². The zero-order valence-corrected chi connectivity index (χ0v) is 13.9. The molecule has 0 unspecified atom stereocenters. The summed E-state index contributed by atoms with van der Waals surface area (Å²) in [4.78, 5) is 25.8. The first-order valence-corrected chi connectivity index (χ1v) is 8.21. The average molecular weight is 330 g/mol. The van der Waals surface area contributed by atoms with Crippen molar-refractivity contribution in [2.75, 3.05) is 19.7 Å². The molecule has 0 saturated carbocycles. The number of ether oxygens (including phenoxy) is 2. The van der Waals surface area contributed by atoms with Gasteiger partial charge >= 0.3 is 5.97 Å². The number of amides is 1. The van der Waals surface area contributed by atoms with Gasteiger partial charge in [0.25, 0.3) is 5.91 Å². The van der Waals surface area contributed by atoms with Crippen LogP contribution in [-0.4, -0.2) is 42.6 Å². The molecule has 1 atom stereocenters. The Morgan fingerprint density at radius 3 is 2.38 bits per heavy atom. The third kappa shape index (κ3) is 5.27. The summed E-state index contributed by atoms with van der Waals surface area (Å²) in [5.74, 6) is -0.268. The number of nitrogens with zero attached hydrogens (tertiary/aromatic N) is 2. The Morgan fingerprint density at radius 1 is 1.17 bits per heavy atom. The summed E-state index contributed by atoms with van der Waals surface area (Å²) in [5.41, 5.74) is 0.514. The summed E-state index contributed by atoms with van der Waals surface area (Å²) in [6.45, 7) is 2.78. The number of hydrogen-bond acceptors (Lipinski definition) is 5. The van der Waals surface area contributed by atoms with E-state index in [9.17, 15) is 9.59 Å². The maximum Gasteiger partial charge on any atom is 0.347 e. The topological polar surface area (TPSA) is 79.6 Å². The van der Waals surface area contributed by atoms with Crippen LogP contribution in [0.2, 0.25) is 0 Å². The quantitative estimate of drug-likeness (QED) is 0.774. The molecule has 0 N–H and O–H groups in total. The number of likely N-dealkylation sites (tertiary alicyclic amines) is 1. The van der Waals surface area contributed by atoms with Gasteiger partial charge in [-0.25, -0.2) is 4.79 Å². The molecule has 0 bridgehead atoms. The molecule has 0 spiro atoms. The van der Waals surface area contributed by atoms with Crippen LogP contribution >= 0.6 is 0 Å². The smallest absolute Gasteiger partial charge is 0.347 e. The largest absolute Gasteiger partial charge is 0.479 e. The zero-order valence-electron chi connectivity index (χ0n) is 13.9. The van der Waals surface area contributed by atoms with Crippen LogP contribution in [0.3, 0.4) is 0 Å². The molecule has 1 aliphatic rings. The van der Waals surface area contributed by atoms with Crippen LogP contribution in [0.4, 0.5) is 0 Å². The third-order valence-electron chi connectivity index (χ3n) is 3.92. The molecule has 6 nitrogen and oxygen atoms in total. The second-order valence-corrected chi connectivity index (χ2v) is 5.80. The van der Waals surface area contributed by atoms with Crippen molar-refractivity contribution in [3.05, 3.63) is 29.8 Å². The minimum atomic E-state index is -0.824. The van der Waals surface area contributed by atoms with Crippen LogP contribution in [0.15, 0.2) is 24.3 Å². The number of esters is 1. The molecule has 1 heterocycles. The lowest BCUT2D eigenvalue weighted by Crippen LogP contribution is -2.37. The highest BCUT2D eigenvalue weighted by atomic mass is 16.6. The lowest BCUT2D eigenvalue weighted by Gasteiger charge is -2.20. The zero-order chi connectivity index (χ0) is 17.4. The molecule has 0 aromatic heterocycles. The van der Waals surface area contributed by atoms with Gasteiger partial charge in [0.2, 0.25) is 0 Å². The standard InChI is InChI=1S/C18H22N2O4/c1-14(24-16-8-6-15(12-19)7-9-16)18(22)23-13-17(21)20-10-4-2-3-5-11-20/h6-9,14H,2-5,10-11,13H2,1H3/t14-/m0/s1. The van der Waals surface area contributed by atoms with E-state index in [-0.39, 0.29) is 12.5 Å². The Labute approximate surface area is 142 Å². The van der Waals surface area contributed by atoms with E-state index >= 15 is 0 Å². The SMILES string of the molecule is C[C@H](Oc1ccc(C#N)cc1)C(=O)OCC(=O)N1CCCCCC1. The summed E-state index contributed by atoms with van der Waals surface area (Å²) in [6.07, 6.45) is 3.45. The second kappa shape index (κ2) is 8.92. The maximum absolute atomic E-state index is 12.1. The highest BCUT2D eigenvalue weighted by Crippen LogP contribution is 2.14. The summed E-state index contributed by atoms with van der Waals surface area (Å²) < 4.78 is 10.5. The maximum atomic E-state index is 12.1. The van der Waals surface area contributed by atoms with Crippen molar-refractivity contribution >= 4 is 11.9 Å². The lowest BCUT2D eigenvalue weighted by molar-refractivity contribution is -0.157. The molecule has 1 aromatic rings. The van der Waals surface area contributed by atoms with Gasteiger partial charge in [-0.15, -0.1) is 0 Å². The molecular formula is C18H22N2O4. The molecule has 2 rings (SSSR count). The lowest BCUT2D eigenvalue weighted by atomic mass is 10.2. The number of benzene rings is 1. The summed E-state index contributed by atoms with van der Waals surface area (Å²) >= 11 is 0. The van der Waals surface area contributed by atoms with E-state index in [4.69, 9.17) is 14.7 Å². The monoisotopic (exact) mass is 330 g/mol. The van der Waals surface area contributed by atoms with Crippen molar-refractivity contribution in [3.63, 3.8) is 0 Å². The van der Waals surface area contributed by atoms with Crippen LogP contribution < -0.4 is 4.74 Å². The summed E-state index contributed by atoms with van der Waals surface area (Å²) in [5, 5.41) is 8.74. The highest BCUT2D eigenvalue weighted by molar-refractivity contribution is 5.82. The van der Waals surface area contributed by atoms with Crippen LogP contribution in [0, 0.1) is 11.3 Å². The van der Waals surface area contributed by atoms with Crippen LogP contribution in [0.5, 0.6) is 5.75 Å². The predicted molar refractivity (Wildman–Crippen MR) is 87.3 cm³/mol.